The molecule has 3 aromatic rings. The van der Waals surface area contributed by atoms with Crippen LogP contribution in [0.3, 0.4) is 0 Å². The van der Waals surface area contributed by atoms with E-state index in [1.54, 1.807) is 20.2 Å². The third-order valence-electron chi connectivity index (χ3n) is 3.54. The van der Waals surface area contributed by atoms with Crippen molar-refractivity contribution in [3.8, 4) is 5.75 Å². The molecule has 6 heteroatoms. The Hall–Kier alpha value is -2.60. The molecule has 0 aliphatic carbocycles. The Morgan fingerprint density at radius 2 is 2.04 bits per heavy atom. The van der Waals surface area contributed by atoms with E-state index in [-0.39, 0.29) is 5.97 Å². The fourth-order valence-corrected chi connectivity index (χ4v) is 3.42. The molecule has 0 saturated heterocycles. The monoisotopic (exact) mass is 342 g/mol. The number of benzene rings is 1. The number of anilines is 1. The van der Waals surface area contributed by atoms with Crippen LogP contribution in [0.1, 0.15) is 22.8 Å². The molecule has 2 aromatic heterocycles. The van der Waals surface area contributed by atoms with Gasteiger partial charge >= 0.3 is 5.97 Å². The maximum absolute atomic E-state index is 12.3. The van der Waals surface area contributed by atoms with E-state index in [0.29, 0.717) is 24.2 Å². The second-order valence-corrected chi connectivity index (χ2v) is 6.13. The molecule has 0 unspecified atom stereocenters. The van der Waals surface area contributed by atoms with Crippen molar-refractivity contribution < 1.29 is 14.3 Å². The third-order valence-corrected chi connectivity index (χ3v) is 4.64. The second-order valence-electron chi connectivity index (χ2n) is 5.08. The number of thiophene rings is 1. The average molecular weight is 342 g/mol. The van der Waals surface area contributed by atoms with Gasteiger partial charge in [-0.25, -0.2) is 4.79 Å². The summed E-state index contributed by atoms with van der Waals surface area (Å²) in [6, 6.07) is 11.6. The van der Waals surface area contributed by atoms with Crippen molar-refractivity contribution in [1.29, 1.82) is 0 Å². The van der Waals surface area contributed by atoms with Crippen LogP contribution in [0.5, 0.6) is 5.75 Å². The van der Waals surface area contributed by atoms with Gasteiger partial charge in [-0.1, -0.05) is 12.1 Å². The van der Waals surface area contributed by atoms with Gasteiger partial charge in [0.1, 0.15) is 16.3 Å². The number of methoxy groups -OCH3 is 1. The number of carbonyl (C=O) groups is 1. The minimum atomic E-state index is -0.348. The van der Waals surface area contributed by atoms with Gasteiger partial charge in [-0.3, -0.25) is 4.98 Å². The predicted molar refractivity (Wildman–Crippen MR) is 95.9 cm³/mol. The molecule has 0 amide bonds. The van der Waals surface area contributed by atoms with Crippen LogP contribution in [-0.4, -0.2) is 24.7 Å². The predicted octanol–water partition coefficient (Wildman–Crippen LogP) is 4.09. The van der Waals surface area contributed by atoms with E-state index >= 15 is 0 Å². The molecule has 1 aromatic carbocycles. The number of aromatic nitrogens is 1. The maximum atomic E-state index is 12.3. The van der Waals surface area contributed by atoms with Crippen molar-refractivity contribution in [2.24, 2.45) is 0 Å². The number of ether oxygens (including phenoxy) is 2. The van der Waals surface area contributed by atoms with Crippen molar-refractivity contribution in [2.75, 3.05) is 19.0 Å². The molecule has 0 saturated carbocycles. The first-order valence-electron chi connectivity index (χ1n) is 7.64. The van der Waals surface area contributed by atoms with Gasteiger partial charge in [0.05, 0.1) is 23.9 Å². The number of hydrogen-bond acceptors (Lipinski definition) is 6. The Morgan fingerprint density at radius 1 is 1.25 bits per heavy atom. The molecule has 3 rings (SSSR count). The fourth-order valence-electron chi connectivity index (χ4n) is 2.37. The number of nitrogens with zero attached hydrogens (tertiary/aromatic N) is 1. The van der Waals surface area contributed by atoms with Crippen LogP contribution >= 0.6 is 11.3 Å². The van der Waals surface area contributed by atoms with Crippen LogP contribution in [0.15, 0.2) is 42.6 Å². The normalized spacial score (nSPS) is 10.6. The van der Waals surface area contributed by atoms with E-state index in [0.717, 1.165) is 21.0 Å². The van der Waals surface area contributed by atoms with Crippen molar-refractivity contribution in [3.63, 3.8) is 0 Å². The number of pyridine rings is 1. The summed E-state index contributed by atoms with van der Waals surface area (Å²) in [5, 5.41) is 4.11. The second kappa shape index (κ2) is 7.31. The summed E-state index contributed by atoms with van der Waals surface area (Å²) in [5.74, 6) is 0.469. The first-order chi connectivity index (χ1) is 11.7. The molecule has 0 spiro atoms. The summed E-state index contributed by atoms with van der Waals surface area (Å²) in [6.07, 6.45) is 1.69. The Labute approximate surface area is 144 Å². The van der Waals surface area contributed by atoms with E-state index in [1.165, 1.54) is 11.3 Å². The molecule has 2 heterocycles. The molecule has 124 valence electrons. The van der Waals surface area contributed by atoms with E-state index in [2.05, 4.69) is 10.3 Å². The lowest BCUT2D eigenvalue weighted by molar-refractivity contribution is 0.0530. The summed E-state index contributed by atoms with van der Waals surface area (Å²) in [4.78, 5) is 16.7. The van der Waals surface area contributed by atoms with Crippen LogP contribution in [0.4, 0.5) is 5.00 Å². The highest BCUT2D eigenvalue weighted by atomic mass is 32.1. The molecule has 5 nitrogen and oxygen atoms in total. The van der Waals surface area contributed by atoms with Crippen LogP contribution in [0.2, 0.25) is 0 Å². The Morgan fingerprint density at radius 3 is 2.75 bits per heavy atom. The molecule has 0 aliphatic heterocycles. The highest BCUT2D eigenvalue weighted by Gasteiger charge is 2.21. The maximum Gasteiger partial charge on any atom is 0.343 e. The molecule has 0 bridgehead atoms. The molecule has 0 atom stereocenters. The van der Waals surface area contributed by atoms with E-state index < -0.39 is 0 Å². The van der Waals surface area contributed by atoms with Crippen molar-refractivity contribution in [3.05, 3.63) is 53.7 Å². The van der Waals surface area contributed by atoms with E-state index in [9.17, 15) is 4.79 Å². The molecular weight excluding hydrogens is 324 g/mol. The van der Waals surface area contributed by atoms with Crippen LogP contribution in [0, 0.1) is 0 Å². The molecule has 0 fully saturated rings. The average Bonchev–Trinajstić information content (AvgIpc) is 2.99. The topological polar surface area (TPSA) is 60.5 Å². The van der Waals surface area contributed by atoms with Crippen molar-refractivity contribution >= 4 is 32.5 Å². The number of esters is 1. The van der Waals surface area contributed by atoms with Crippen molar-refractivity contribution in [2.45, 2.75) is 13.5 Å². The highest BCUT2D eigenvalue weighted by molar-refractivity contribution is 7.23. The number of fused-ring (bicyclic) bond motifs is 1. The third kappa shape index (κ3) is 3.33. The lowest BCUT2D eigenvalue weighted by Crippen LogP contribution is -2.08. The van der Waals surface area contributed by atoms with Gasteiger partial charge in [0.15, 0.2) is 0 Å². The fraction of sp³-hybridized carbons (Fsp3) is 0.222. The smallest absolute Gasteiger partial charge is 0.343 e. The molecule has 0 aliphatic rings. The standard InChI is InChI=1S/C18H18N2O3S/c1-3-23-18(21)15-16-14(5-4-10-19-16)24-17(15)20-11-12-6-8-13(22-2)9-7-12/h4-10,20H,3,11H2,1-2H3. The summed E-state index contributed by atoms with van der Waals surface area (Å²) in [6.45, 7) is 2.73. The van der Waals surface area contributed by atoms with Gasteiger partial charge in [0, 0.05) is 12.7 Å². The number of nitrogens with one attached hydrogen (secondary N) is 1. The van der Waals surface area contributed by atoms with Crippen molar-refractivity contribution in [1.82, 2.24) is 4.98 Å². The van der Waals surface area contributed by atoms with Gasteiger partial charge in [0.25, 0.3) is 0 Å². The Kier molecular flexibility index (Phi) is 4.96. The quantitative estimate of drug-likeness (QED) is 0.684. The highest BCUT2D eigenvalue weighted by Crippen LogP contribution is 2.35. The van der Waals surface area contributed by atoms with Gasteiger partial charge in [-0.15, -0.1) is 11.3 Å². The molecular formula is C18H18N2O3S. The van der Waals surface area contributed by atoms with Gasteiger partial charge in [-0.2, -0.15) is 0 Å². The first kappa shape index (κ1) is 16.3. The van der Waals surface area contributed by atoms with Gasteiger partial charge in [-0.05, 0) is 36.8 Å². The first-order valence-corrected chi connectivity index (χ1v) is 8.46. The number of carbonyl (C=O) groups excluding carboxylic acids is 1. The molecule has 1 N–H and O–H groups in total. The number of hydrogen-bond donors (Lipinski definition) is 1. The van der Waals surface area contributed by atoms with Gasteiger partial charge in [0.2, 0.25) is 0 Å². The Balaban J connectivity index is 1.87. The Bertz CT molecular complexity index is 843. The van der Waals surface area contributed by atoms with Crippen LogP contribution < -0.4 is 10.1 Å². The summed E-state index contributed by atoms with van der Waals surface area (Å²) < 4.78 is 11.3. The van der Waals surface area contributed by atoms with Crippen LogP contribution in [-0.2, 0) is 11.3 Å². The minimum absolute atomic E-state index is 0.334. The zero-order valence-electron chi connectivity index (χ0n) is 13.5. The van der Waals surface area contributed by atoms with E-state index in [4.69, 9.17) is 9.47 Å². The lowest BCUT2D eigenvalue weighted by atomic mass is 10.2. The van der Waals surface area contributed by atoms with Gasteiger partial charge < -0.3 is 14.8 Å². The SMILES string of the molecule is CCOC(=O)c1c(NCc2ccc(OC)cc2)sc2cccnc12. The molecule has 24 heavy (non-hydrogen) atoms. The van der Waals surface area contributed by atoms with E-state index in [1.807, 2.05) is 36.4 Å². The number of rotatable bonds is 6. The summed E-state index contributed by atoms with van der Waals surface area (Å²) in [5.41, 5.74) is 2.28. The minimum Gasteiger partial charge on any atom is -0.497 e. The molecule has 0 radical (unpaired) electrons. The van der Waals surface area contributed by atoms with Crippen LogP contribution in [0.25, 0.3) is 10.2 Å². The summed E-state index contributed by atoms with van der Waals surface area (Å²) >= 11 is 1.51. The largest absolute Gasteiger partial charge is 0.497 e. The summed E-state index contributed by atoms with van der Waals surface area (Å²) in [7, 11) is 1.64. The zero-order valence-corrected chi connectivity index (χ0v) is 14.4. The zero-order chi connectivity index (χ0) is 16.9. The lowest BCUT2D eigenvalue weighted by Gasteiger charge is -2.08.